The number of likely N-dealkylation sites (tertiary alicyclic amines) is 1. The molecule has 2 heterocycles. The minimum Gasteiger partial charge on any atom is -0.368 e. The fourth-order valence-electron chi connectivity index (χ4n) is 3.46. The molecule has 3 atom stereocenters. The molecule has 1 saturated carbocycles. The number of amides is 2. The predicted octanol–water partition coefficient (Wildman–Crippen LogP) is 0.818. The van der Waals surface area contributed by atoms with Gasteiger partial charge in [0.1, 0.15) is 6.04 Å². The first-order chi connectivity index (χ1) is 10.7. The molecule has 22 heavy (non-hydrogen) atoms. The predicted molar refractivity (Wildman–Crippen MR) is 79.2 cm³/mol. The molecular formula is C16H16N4O2. The van der Waals surface area contributed by atoms with Crippen molar-refractivity contribution in [2.45, 2.75) is 12.5 Å². The molecule has 0 radical (unpaired) electrons. The molecule has 0 spiro atoms. The Bertz CT molecular complexity index is 740. The second-order valence-electron chi connectivity index (χ2n) is 5.93. The van der Waals surface area contributed by atoms with Crippen LogP contribution in [0.25, 0.3) is 5.69 Å². The normalized spacial score (nSPS) is 25.8. The van der Waals surface area contributed by atoms with E-state index in [1.54, 1.807) is 34.1 Å². The third-order valence-corrected chi connectivity index (χ3v) is 4.59. The Kier molecular flexibility index (Phi) is 2.79. The van der Waals surface area contributed by atoms with Crippen LogP contribution in [0.2, 0.25) is 0 Å². The van der Waals surface area contributed by atoms with E-state index in [1.165, 1.54) is 0 Å². The minimum atomic E-state index is -0.469. The van der Waals surface area contributed by atoms with Crippen molar-refractivity contribution in [2.24, 2.45) is 17.6 Å². The number of nitrogens with two attached hydrogens (primary N) is 1. The average molecular weight is 296 g/mol. The first kappa shape index (κ1) is 13.1. The molecule has 6 heteroatoms. The summed E-state index contributed by atoms with van der Waals surface area (Å²) in [7, 11) is 0. The number of nitrogens with zero attached hydrogens (tertiary/aromatic N) is 3. The summed E-state index contributed by atoms with van der Waals surface area (Å²) in [6, 6.07) is 8.62. The van der Waals surface area contributed by atoms with Gasteiger partial charge in [0.2, 0.25) is 5.91 Å². The van der Waals surface area contributed by atoms with Crippen molar-refractivity contribution in [3.05, 3.63) is 48.3 Å². The van der Waals surface area contributed by atoms with Crippen LogP contribution in [0, 0.1) is 11.8 Å². The van der Waals surface area contributed by atoms with Crippen LogP contribution in [-0.2, 0) is 4.79 Å². The highest BCUT2D eigenvalue weighted by atomic mass is 16.2. The third-order valence-electron chi connectivity index (χ3n) is 4.59. The SMILES string of the molecule is NC(=O)[C@@H]1[C@H]2C[C@H]2CN1C(=O)c1ccccc1-n1cccn1. The first-order valence-corrected chi connectivity index (χ1v) is 7.36. The number of para-hydroxylation sites is 1. The Morgan fingerprint density at radius 3 is 2.77 bits per heavy atom. The van der Waals surface area contributed by atoms with Crippen LogP contribution in [0.5, 0.6) is 0 Å². The fraction of sp³-hybridized carbons (Fsp3) is 0.312. The van der Waals surface area contributed by atoms with Crippen LogP contribution in [0.1, 0.15) is 16.8 Å². The lowest BCUT2D eigenvalue weighted by atomic mass is 10.1. The maximum Gasteiger partial charge on any atom is 0.256 e. The molecule has 1 saturated heterocycles. The van der Waals surface area contributed by atoms with E-state index in [0.29, 0.717) is 23.7 Å². The molecule has 112 valence electrons. The van der Waals surface area contributed by atoms with E-state index in [0.717, 1.165) is 6.42 Å². The summed E-state index contributed by atoms with van der Waals surface area (Å²) in [6.07, 6.45) is 4.45. The standard InChI is InChI=1S/C16H16N4O2/c17-15(21)14-12-8-10(12)9-19(14)16(22)11-4-1-2-5-13(11)20-7-3-6-18-20/h1-7,10,12,14H,8-9H2,(H2,17,21)/t10-,12-,14-/m0/s1. The molecule has 2 N–H and O–H groups in total. The average Bonchev–Trinajstić information content (AvgIpc) is 2.95. The number of hydrogen-bond donors (Lipinski definition) is 1. The largest absolute Gasteiger partial charge is 0.368 e. The number of piperidine rings is 1. The van der Waals surface area contributed by atoms with Gasteiger partial charge in [-0.2, -0.15) is 5.10 Å². The number of primary amides is 1. The maximum absolute atomic E-state index is 12.9. The zero-order chi connectivity index (χ0) is 15.3. The van der Waals surface area contributed by atoms with Gasteiger partial charge in [-0.1, -0.05) is 12.1 Å². The zero-order valence-electron chi connectivity index (χ0n) is 11.9. The van der Waals surface area contributed by atoms with E-state index in [1.807, 2.05) is 18.2 Å². The van der Waals surface area contributed by atoms with Crippen molar-refractivity contribution in [1.82, 2.24) is 14.7 Å². The molecule has 6 nitrogen and oxygen atoms in total. The van der Waals surface area contributed by atoms with E-state index in [9.17, 15) is 9.59 Å². The number of carbonyl (C=O) groups is 2. The fourth-order valence-corrected chi connectivity index (χ4v) is 3.46. The number of carbonyl (C=O) groups excluding carboxylic acids is 2. The smallest absolute Gasteiger partial charge is 0.256 e. The summed E-state index contributed by atoms with van der Waals surface area (Å²) in [5.74, 6) is 0.119. The van der Waals surface area contributed by atoms with Crippen molar-refractivity contribution in [3.8, 4) is 5.69 Å². The zero-order valence-corrected chi connectivity index (χ0v) is 11.9. The monoisotopic (exact) mass is 296 g/mol. The van der Waals surface area contributed by atoms with Crippen LogP contribution in [-0.4, -0.2) is 39.1 Å². The highest BCUT2D eigenvalue weighted by molar-refractivity contribution is 6.00. The van der Waals surface area contributed by atoms with Gasteiger partial charge in [0.05, 0.1) is 11.3 Å². The van der Waals surface area contributed by atoms with Crippen LogP contribution in [0.3, 0.4) is 0 Å². The van der Waals surface area contributed by atoms with Gasteiger partial charge < -0.3 is 10.6 Å². The number of benzene rings is 1. The molecular weight excluding hydrogens is 280 g/mol. The van der Waals surface area contributed by atoms with Crippen molar-refractivity contribution in [1.29, 1.82) is 0 Å². The molecule has 2 aromatic rings. The van der Waals surface area contributed by atoms with Crippen molar-refractivity contribution < 1.29 is 9.59 Å². The number of hydrogen-bond acceptors (Lipinski definition) is 3. The molecule has 2 fully saturated rings. The Morgan fingerprint density at radius 1 is 1.23 bits per heavy atom. The lowest BCUT2D eigenvalue weighted by molar-refractivity contribution is -0.122. The van der Waals surface area contributed by atoms with Gasteiger partial charge in [0.25, 0.3) is 5.91 Å². The van der Waals surface area contributed by atoms with Gasteiger partial charge in [-0.05, 0) is 36.5 Å². The van der Waals surface area contributed by atoms with Crippen molar-refractivity contribution in [2.75, 3.05) is 6.54 Å². The second-order valence-corrected chi connectivity index (χ2v) is 5.93. The Morgan fingerprint density at radius 2 is 2.05 bits per heavy atom. The molecule has 4 rings (SSSR count). The van der Waals surface area contributed by atoms with E-state index >= 15 is 0 Å². The van der Waals surface area contributed by atoms with E-state index in [2.05, 4.69) is 5.10 Å². The number of aromatic nitrogens is 2. The third kappa shape index (κ3) is 1.91. The van der Waals surface area contributed by atoms with Gasteiger partial charge in [-0.3, -0.25) is 9.59 Å². The summed E-state index contributed by atoms with van der Waals surface area (Å²) in [5, 5.41) is 4.19. The molecule has 1 aromatic carbocycles. The van der Waals surface area contributed by atoms with Crippen LogP contribution in [0.15, 0.2) is 42.7 Å². The number of rotatable bonds is 3. The van der Waals surface area contributed by atoms with Crippen molar-refractivity contribution in [3.63, 3.8) is 0 Å². The Labute approximate surface area is 127 Å². The Balaban J connectivity index is 1.71. The van der Waals surface area contributed by atoms with E-state index in [4.69, 9.17) is 5.73 Å². The minimum absolute atomic E-state index is 0.151. The molecule has 2 aliphatic rings. The van der Waals surface area contributed by atoms with Gasteiger partial charge in [0, 0.05) is 18.9 Å². The molecule has 1 aliphatic heterocycles. The van der Waals surface area contributed by atoms with Gasteiger partial charge >= 0.3 is 0 Å². The first-order valence-electron chi connectivity index (χ1n) is 7.36. The van der Waals surface area contributed by atoms with Crippen molar-refractivity contribution >= 4 is 11.8 Å². The van der Waals surface area contributed by atoms with Crippen LogP contribution >= 0.6 is 0 Å². The molecule has 1 aliphatic carbocycles. The lowest BCUT2D eigenvalue weighted by Crippen LogP contribution is -2.46. The van der Waals surface area contributed by atoms with E-state index in [-0.39, 0.29) is 11.8 Å². The quantitative estimate of drug-likeness (QED) is 0.910. The van der Waals surface area contributed by atoms with Crippen LogP contribution in [0.4, 0.5) is 0 Å². The summed E-state index contributed by atoms with van der Waals surface area (Å²) < 4.78 is 1.66. The summed E-state index contributed by atoms with van der Waals surface area (Å²) in [6.45, 7) is 0.616. The van der Waals surface area contributed by atoms with Crippen LogP contribution < -0.4 is 5.73 Å². The molecule has 1 aromatic heterocycles. The molecule has 0 unspecified atom stereocenters. The topological polar surface area (TPSA) is 81.2 Å². The number of fused-ring (bicyclic) bond motifs is 1. The lowest BCUT2D eigenvalue weighted by Gasteiger charge is -2.26. The van der Waals surface area contributed by atoms with Gasteiger partial charge in [0.15, 0.2) is 0 Å². The van der Waals surface area contributed by atoms with E-state index < -0.39 is 11.9 Å². The highest BCUT2D eigenvalue weighted by Crippen LogP contribution is 2.49. The van der Waals surface area contributed by atoms with Gasteiger partial charge in [-0.15, -0.1) is 0 Å². The molecule has 0 bridgehead atoms. The van der Waals surface area contributed by atoms with Gasteiger partial charge in [-0.25, -0.2) is 4.68 Å². The summed E-state index contributed by atoms with van der Waals surface area (Å²) in [4.78, 5) is 26.3. The maximum atomic E-state index is 12.9. The Hall–Kier alpha value is -2.63. The highest BCUT2D eigenvalue weighted by Gasteiger charge is 2.56. The summed E-state index contributed by atoms with van der Waals surface area (Å²) >= 11 is 0. The second kappa shape index (κ2) is 4.69. The summed E-state index contributed by atoms with van der Waals surface area (Å²) in [5.41, 5.74) is 6.75. The molecule has 2 amide bonds.